The second kappa shape index (κ2) is 2.46. The van der Waals surface area contributed by atoms with Crippen LogP contribution in [0.5, 0.6) is 11.5 Å². The average molecular weight is 150 g/mol. The predicted molar refractivity (Wildman–Crippen MR) is 41.9 cm³/mol. The maximum Gasteiger partial charge on any atom is 0.231 e. The lowest BCUT2D eigenvalue weighted by Crippen LogP contribution is -1.94. The maximum atomic E-state index is 5.30. The standard InChI is InChI=1S/C9H10O2/c1-2-7-4-3-5-8-9(7)11-6-10-8/h3-5H,2,6H2,1H3. The van der Waals surface area contributed by atoms with Crippen LogP contribution in [0.1, 0.15) is 12.5 Å². The van der Waals surface area contributed by atoms with Gasteiger partial charge in [-0.3, -0.25) is 0 Å². The van der Waals surface area contributed by atoms with E-state index in [2.05, 4.69) is 13.0 Å². The molecule has 0 bridgehead atoms. The van der Waals surface area contributed by atoms with E-state index in [9.17, 15) is 0 Å². The van der Waals surface area contributed by atoms with Crippen molar-refractivity contribution in [2.24, 2.45) is 0 Å². The molecule has 2 nitrogen and oxygen atoms in total. The van der Waals surface area contributed by atoms with Gasteiger partial charge in [-0.1, -0.05) is 19.1 Å². The van der Waals surface area contributed by atoms with Crippen molar-refractivity contribution in [3.8, 4) is 11.5 Å². The molecule has 0 amide bonds. The van der Waals surface area contributed by atoms with Gasteiger partial charge >= 0.3 is 0 Å². The molecule has 0 radical (unpaired) electrons. The molecule has 2 rings (SSSR count). The Labute approximate surface area is 65.7 Å². The number of rotatable bonds is 1. The number of benzene rings is 1. The van der Waals surface area contributed by atoms with Gasteiger partial charge in [0.25, 0.3) is 0 Å². The molecule has 0 aliphatic carbocycles. The van der Waals surface area contributed by atoms with Crippen LogP contribution >= 0.6 is 0 Å². The first-order valence-electron chi connectivity index (χ1n) is 3.79. The minimum atomic E-state index is 0.367. The zero-order valence-electron chi connectivity index (χ0n) is 6.46. The molecule has 0 fully saturated rings. The topological polar surface area (TPSA) is 18.5 Å². The van der Waals surface area contributed by atoms with E-state index < -0.39 is 0 Å². The van der Waals surface area contributed by atoms with Crippen LogP contribution in [0.25, 0.3) is 0 Å². The molecule has 0 saturated heterocycles. The SMILES string of the molecule is CCc1cccc2c1OCO2. The first-order valence-corrected chi connectivity index (χ1v) is 3.79. The van der Waals surface area contributed by atoms with Gasteiger partial charge in [0, 0.05) is 0 Å². The summed E-state index contributed by atoms with van der Waals surface area (Å²) in [7, 11) is 0. The third-order valence-electron chi connectivity index (χ3n) is 1.86. The highest BCUT2D eigenvalue weighted by Gasteiger charge is 2.15. The summed E-state index contributed by atoms with van der Waals surface area (Å²) >= 11 is 0. The van der Waals surface area contributed by atoms with Crippen LogP contribution in [0.3, 0.4) is 0 Å². The molecule has 0 unspecified atom stereocenters. The van der Waals surface area contributed by atoms with Gasteiger partial charge in [0.1, 0.15) is 0 Å². The molecule has 0 N–H and O–H groups in total. The normalized spacial score (nSPS) is 13.5. The summed E-state index contributed by atoms with van der Waals surface area (Å²) in [5.74, 6) is 1.80. The lowest BCUT2D eigenvalue weighted by molar-refractivity contribution is 0.173. The van der Waals surface area contributed by atoms with Crippen LogP contribution in [-0.4, -0.2) is 6.79 Å². The molecule has 1 aromatic carbocycles. The van der Waals surface area contributed by atoms with E-state index >= 15 is 0 Å². The lowest BCUT2D eigenvalue weighted by atomic mass is 10.1. The van der Waals surface area contributed by atoms with E-state index in [1.807, 2.05) is 12.1 Å². The number of hydrogen-bond acceptors (Lipinski definition) is 2. The second-order valence-corrected chi connectivity index (χ2v) is 2.50. The fourth-order valence-electron chi connectivity index (χ4n) is 1.27. The minimum absolute atomic E-state index is 0.367. The van der Waals surface area contributed by atoms with Gasteiger partial charge in [0.2, 0.25) is 6.79 Å². The monoisotopic (exact) mass is 150 g/mol. The largest absolute Gasteiger partial charge is 0.454 e. The summed E-state index contributed by atoms with van der Waals surface area (Å²) < 4.78 is 10.5. The predicted octanol–water partition coefficient (Wildman–Crippen LogP) is 1.98. The fourth-order valence-corrected chi connectivity index (χ4v) is 1.27. The summed E-state index contributed by atoms with van der Waals surface area (Å²) in [4.78, 5) is 0. The molecule has 58 valence electrons. The van der Waals surface area contributed by atoms with Gasteiger partial charge in [0.15, 0.2) is 11.5 Å². The molecule has 0 atom stereocenters. The Morgan fingerprint density at radius 1 is 1.36 bits per heavy atom. The molecule has 1 aliphatic heterocycles. The molecule has 0 spiro atoms. The highest BCUT2D eigenvalue weighted by molar-refractivity contribution is 5.47. The van der Waals surface area contributed by atoms with Crippen molar-refractivity contribution in [2.75, 3.05) is 6.79 Å². The van der Waals surface area contributed by atoms with E-state index in [1.165, 1.54) is 5.56 Å². The lowest BCUT2D eigenvalue weighted by Gasteiger charge is -2.00. The highest BCUT2D eigenvalue weighted by atomic mass is 16.7. The molecule has 0 aromatic heterocycles. The number of hydrogen-bond donors (Lipinski definition) is 0. The molecule has 1 aliphatic rings. The van der Waals surface area contributed by atoms with Crippen LogP contribution < -0.4 is 9.47 Å². The summed E-state index contributed by atoms with van der Waals surface area (Å²) in [6, 6.07) is 5.99. The van der Waals surface area contributed by atoms with Gasteiger partial charge < -0.3 is 9.47 Å². The van der Waals surface area contributed by atoms with Crippen molar-refractivity contribution in [1.29, 1.82) is 0 Å². The second-order valence-electron chi connectivity index (χ2n) is 2.50. The van der Waals surface area contributed by atoms with Gasteiger partial charge in [0.05, 0.1) is 0 Å². The first-order chi connectivity index (χ1) is 5.42. The van der Waals surface area contributed by atoms with Gasteiger partial charge in [-0.25, -0.2) is 0 Å². The third kappa shape index (κ3) is 0.946. The number of para-hydroxylation sites is 1. The van der Waals surface area contributed by atoms with Gasteiger partial charge in [-0.2, -0.15) is 0 Å². The smallest absolute Gasteiger partial charge is 0.231 e. The van der Waals surface area contributed by atoms with Crippen LogP contribution in [0.2, 0.25) is 0 Å². The van der Waals surface area contributed by atoms with Gasteiger partial charge in [-0.15, -0.1) is 0 Å². The number of ether oxygens (including phenoxy) is 2. The average Bonchev–Trinajstić information content (AvgIpc) is 2.50. The summed E-state index contributed by atoms with van der Waals surface area (Å²) in [6.45, 7) is 2.48. The number of fused-ring (bicyclic) bond motifs is 1. The summed E-state index contributed by atoms with van der Waals surface area (Å²) in [5.41, 5.74) is 1.22. The molecular formula is C9H10O2. The highest BCUT2D eigenvalue weighted by Crippen LogP contribution is 2.35. The molecule has 1 heterocycles. The van der Waals surface area contributed by atoms with Crippen molar-refractivity contribution in [3.63, 3.8) is 0 Å². The first kappa shape index (κ1) is 6.53. The van der Waals surface area contributed by atoms with Crippen molar-refractivity contribution >= 4 is 0 Å². The van der Waals surface area contributed by atoms with Crippen molar-refractivity contribution in [1.82, 2.24) is 0 Å². The Morgan fingerprint density at radius 2 is 2.27 bits per heavy atom. The maximum absolute atomic E-state index is 5.30. The van der Waals surface area contributed by atoms with Crippen LogP contribution in [0.15, 0.2) is 18.2 Å². The van der Waals surface area contributed by atoms with Crippen molar-refractivity contribution in [3.05, 3.63) is 23.8 Å². The van der Waals surface area contributed by atoms with E-state index in [-0.39, 0.29) is 0 Å². The zero-order valence-corrected chi connectivity index (χ0v) is 6.46. The Hall–Kier alpha value is -1.18. The van der Waals surface area contributed by atoms with E-state index in [1.54, 1.807) is 0 Å². The fraction of sp³-hybridized carbons (Fsp3) is 0.333. The zero-order chi connectivity index (χ0) is 7.68. The van der Waals surface area contributed by atoms with Gasteiger partial charge in [-0.05, 0) is 18.1 Å². The molecule has 2 heteroatoms. The van der Waals surface area contributed by atoms with Crippen molar-refractivity contribution in [2.45, 2.75) is 13.3 Å². The van der Waals surface area contributed by atoms with Crippen molar-refractivity contribution < 1.29 is 9.47 Å². The Morgan fingerprint density at radius 3 is 3.09 bits per heavy atom. The van der Waals surface area contributed by atoms with E-state index in [0.29, 0.717) is 6.79 Å². The molecule has 1 aromatic rings. The Balaban J connectivity index is 2.50. The number of aryl methyl sites for hydroxylation is 1. The molecule has 0 saturated carbocycles. The quantitative estimate of drug-likeness (QED) is 0.609. The Kier molecular flexibility index (Phi) is 1.46. The van der Waals surface area contributed by atoms with E-state index in [0.717, 1.165) is 17.9 Å². The Bertz CT molecular complexity index is 268. The third-order valence-corrected chi connectivity index (χ3v) is 1.86. The summed E-state index contributed by atoms with van der Waals surface area (Å²) in [5, 5.41) is 0. The van der Waals surface area contributed by atoms with Crippen LogP contribution in [0.4, 0.5) is 0 Å². The molecule has 11 heavy (non-hydrogen) atoms. The minimum Gasteiger partial charge on any atom is -0.454 e. The van der Waals surface area contributed by atoms with Crippen LogP contribution in [-0.2, 0) is 6.42 Å². The van der Waals surface area contributed by atoms with E-state index in [4.69, 9.17) is 9.47 Å². The van der Waals surface area contributed by atoms with Crippen LogP contribution in [0, 0.1) is 0 Å². The summed E-state index contributed by atoms with van der Waals surface area (Å²) in [6.07, 6.45) is 0.993. The molecular weight excluding hydrogens is 140 g/mol.